The first-order valence-electron chi connectivity index (χ1n) is 16.9. The van der Waals surface area contributed by atoms with Crippen LogP contribution >= 0.6 is 0 Å². The summed E-state index contributed by atoms with van der Waals surface area (Å²) in [5.74, 6) is 0.712. The van der Waals surface area contributed by atoms with E-state index < -0.39 is 0 Å². The van der Waals surface area contributed by atoms with E-state index in [-0.39, 0.29) is 5.41 Å². The summed E-state index contributed by atoms with van der Waals surface area (Å²) in [5.41, 5.74) is 14.9. The molecule has 0 aliphatic heterocycles. The van der Waals surface area contributed by atoms with E-state index in [9.17, 15) is 0 Å². The summed E-state index contributed by atoms with van der Waals surface area (Å²) in [6, 6.07) is 60.6. The number of hydrogen-bond acceptors (Lipinski definition) is 2. The lowest BCUT2D eigenvalue weighted by Crippen LogP contribution is -2.14. The summed E-state index contributed by atoms with van der Waals surface area (Å²) in [7, 11) is 0. The van der Waals surface area contributed by atoms with Crippen molar-refractivity contribution < 1.29 is 0 Å². The van der Waals surface area contributed by atoms with Gasteiger partial charge in [-0.3, -0.25) is 0 Å². The van der Waals surface area contributed by atoms with Crippen LogP contribution in [0, 0.1) is 0 Å². The average Bonchev–Trinajstić information content (AvgIpc) is 3.39. The van der Waals surface area contributed by atoms with Gasteiger partial charge in [0, 0.05) is 22.1 Å². The van der Waals surface area contributed by atoms with Gasteiger partial charge in [0.2, 0.25) is 0 Å². The molecule has 7 aromatic carbocycles. The van der Waals surface area contributed by atoms with Crippen LogP contribution in [-0.4, -0.2) is 9.97 Å². The Bertz CT molecular complexity index is 2510. The molecule has 1 aromatic heterocycles. The summed E-state index contributed by atoms with van der Waals surface area (Å²) >= 11 is 0. The lowest BCUT2D eigenvalue weighted by Gasteiger charge is -2.22. The summed E-state index contributed by atoms with van der Waals surface area (Å²) in [5, 5.41) is 2.54. The molecule has 49 heavy (non-hydrogen) atoms. The van der Waals surface area contributed by atoms with Crippen LogP contribution < -0.4 is 0 Å². The maximum atomic E-state index is 5.26. The third kappa shape index (κ3) is 4.96. The Morgan fingerprint density at radius 1 is 0.367 bits per heavy atom. The first-order valence-corrected chi connectivity index (χ1v) is 16.9. The zero-order chi connectivity index (χ0) is 33.0. The maximum absolute atomic E-state index is 5.26. The molecule has 2 nitrogen and oxygen atoms in total. The first-order chi connectivity index (χ1) is 24.0. The third-order valence-corrected chi connectivity index (χ3v) is 10.1. The summed E-state index contributed by atoms with van der Waals surface area (Å²) in [6.07, 6.45) is 0. The molecule has 0 radical (unpaired) electrons. The minimum absolute atomic E-state index is 0.119. The molecule has 9 rings (SSSR count). The molecular weight excluding hydrogens is 593 g/mol. The van der Waals surface area contributed by atoms with Crippen LogP contribution in [0.2, 0.25) is 0 Å². The van der Waals surface area contributed by atoms with E-state index in [0.717, 1.165) is 39.2 Å². The predicted molar refractivity (Wildman–Crippen MR) is 204 cm³/mol. The van der Waals surface area contributed by atoms with Crippen LogP contribution in [0.25, 0.3) is 78.1 Å². The molecule has 0 amide bonds. The number of benzene rings is 7. The van der Waals surface area contributed by atoms with Gasteiger partial charge in [0.05, 0.1) is 11.4 Å². The third-order valence-electron chi connectivity index (χ3n) is 10.1. The molecule has 2 heteroatoms. The van der Waals surface area contributed by atoms with E-state index in [1.54, 1.807) is 0 Å². The van der Waals surface area contributed by atoms with Gasteiger partial charge < -0.3 is 0 Å². The monoisotopic (exact) mass is 626 g/mol. The standard InChI is InChI=1S/C47H34N2/c1-47(2)41-26-14-25-39(45(41)40-28-34-19-9-10-20-35(34)29-42(40)47)37-23-11-12-24-38(37)44-30-43(48-46(49-44)32-17-7-4-8-18-32)36-22-13-21-33(27-36)31-15-5-3-6-16-31/h3-30H,1-2H3. The summed E-state index contributed by atoms with van der Waals surface area (Å²) < 4.78 is 0. The van der Waals surface area contributed by atoms with Crippen molar-refractivity contribution in [3.8, 4) is 67.3 Å². The highest BCUT2D eigenvalue weighted by Crippen LogP contribution is 2.54. The van der Waals surface area contributed by atoms with Crippen molar-refractivity contribution in [1.29, 1.82) is 0 Å². The van der Waals surface area contributed by atoms with Gasteiger partial charge in [0.15, 0.2) is 5.82 Å². The number of rotatable bonds is 5. The van der Waals surface area contributed by atoms with E-state index in [4.69, 9.17) is 9.97 Å². The van der Waals surface area contributed by atoms with Crippen molar-refractivity contribution in [2.45, 2.75) is 19.3 Å². The van der Waals surface area contributed by atoms with Gasteiger partial charge in [-0.25, -0.2) is 9.97 Å². The van der Waals surface area contributed by atoms with Crippen LogP contribution in [0.1, 0.15) is 25.0 Å². The minimum Gasteiger partial charge on any atom is -0.228 e. The van der Waals surface area contributed by atoms with Crippen LogP contribution in [0.3, 0.4) is 0 Å². The molecule has 0 fully saturated rings. The van der Waals surface area contributed by atoms with Gasteiger partial charge >= 0.3 is 0 Å². The van der Waals surface area contributed by atoms with Gasteiger partial charge in [-0.1, -0.05) is 159 Å². The average molecular weight is 627 g/mol. The van der Waals surface area contributed by atoms with E-state index in [2.05, 4.69) is 166 Å². The SMILES string of the molecule is CC1(C)c2cc3ccccc3cc2-c2c(-c3ccccc3-c3cc(-c4cccc(-c5ccccc5)c4)nc(-c4ccccc4)n3)cccc21. The second kappa shape index (κ2) is 11.5. The molecule has 0 saturated carbocycles. The molecule has 232 valence electrons. The Morgan fingerprint density at radius 2 is 0.939 bits per heavy atom. The highest BCUT2D eigenvalue weighted by Gasteiger charge is 2.37. The van der Waals surface area contributed by atoms with Crippen molar-refractivity contribution >= 4 is 10.8 Å². The second-order valence-electron chi connectivity index (χ2n) is 13.4. The van der Waals surface area contributed by atoms with Crippen LogP contribution in [0.15, 0.2) is 170 Å². The quantitative estimate of drug-likeness (QED) is 0.190. The molecule has 1 aliphatic carbocycles. The van der Waals surface area contributed by atoms with Crippen molar-refractivity contribution in [3.05, 3.63) is 181 Å². The minimum atomic E-state index is -0.119. The van der Waals surface area contributed by atoms with E-state index in [1.165, 1.54) is 44.2 Å². The molecule has 0 spiro atoms. The molecule has 8 aromatic rings. The number of hydrogen-bond donors (Lipinski definition) is 0. The van der Waals surface area contributed by atoms with Gasteiger partial charge in [-0.15, -0.1) is 0 Å². The molecular formula is C47H34N2. The smallest absolute Gasteiger partial charge is 0.160 e. The first kappa shape index (κ1) is 29.1. The Labute approximate surface area is 287 Å². The maximum Gasteiger partial charge on any atom is 0.160 e. The predicted octanol–water partition coefficient (Wildman–Crippen LogP) is 12.3. The Morgan fingerprint density at radius 3 is 1.71 bits per heavy atom. The fourth-order valence-corrected chi connectivity index (χ4v) is 7.58. The van der Waals surface area contributed by atoms with Gasteiger partial charge in [0.1, 0.15) is 0 Å². The molecule has 1 aliphatic rings. The summed E-state index contributed by atoms with van der Waals surface area (Å²) in [6.45, 7) is 4.71. The fourth-order valence-electron chi connectivity index (χ4n) is 7.58. The normalized spacial score (nSPS) is 12.9. The lowest BCUT2D eigenvalue weighted by molar-refractivity contribution is 0.661. The van der Waals surface area contributed by atoms with Crippen LogP contribution in [-0.2, 0) is 5.41 Å². The van der Waals surface area contributed by atoms with Crippen molar-refractivity contribution in [1.82, 2.24) is 9.97 Å². The van der Waals surface area contributed by atoms with Gasteiger partial charge in [0.25, 0.3) is 0 Å². The lowest BCUT2D eigenvalue weighted by atomic mass is 9.81. The van der Waals surface area contributed by atoms with Crippen LogP contribution in [0.4, 0.5) is 0 Å². The number of fused-ring (bicyclic) bond motifs is 4. The highest BCUT2D eigenvalue weighted by molar-refractivity contribution is 6.00. The number of nitrogens with zero attached hydrogens (tertiary/aromatic N) is 2. The zero-order valence-corrected chi connectivity index (χ0v) is 27.6. The van der Waals surface area contributed by atoms with E-state index in [1.807, 2.05) is 18.2 Å². The van der Waals surface area contributed by atoms with Crippen molar-refractivity contribution in [2.24, 2.45) is 0 Å². The topological polar surface area (TPSA) is 25.8 Å². The summed E-state index contributed by atoms with van der Waals surface area (Å²) in [4.78, 5) is 10.4. The van der Waals surface area contributed by atoms with Gasteiger partial charge in [-0.05, 0) is 79.5 Å². The molecule has 0 unspecified atom stereocenters. The second-order valence-corrected chi connectivity index (χ2v) is 13.4. The van der Waals surface area contributed by atoms with Crippen molar-refractivity contribution in [3.63, 3.8) is 0 Å². The largest absolute Gasteiger partial charge is 0.228 e. The molecule has 0 bridgehead atoms. The van der Waals surface area contributed by atoms with Crippen molar-refractivity contribution in [2.75, 3.05) is 0 Å². The zero-order valence-electron chi connectivity index (χ0n) is 27.6. The molecule has 0 atom stereocenters. The Kier molecular flexibility index (Phi) is 6.84. The fraction of sp³-hybridized carbons (Fsp3) is 0.0638. The Hall–Kier alpha value is -6.12. The van der Waals surface area contributed by atoms with Crippen LogP contribution in [0.5, 0.6) is 0 Å². The molecule has 0 N–H and O–H groups in total. The van der Waals surface area contributed by atoms with E-state index >= 15 is 0 Å². The van der Waals surface area contributed by atoms with Gasteiger partial charge in [-0.2, -0.15) is 0 Å². The number of aromatic nitrogens is 2. The molecule has 0 saturated heterocycles. The Balaban J connectivity index is 1.26. The highest BCUT2D eigenvalue weighted by atomic mass is 14.9. The van der Waals surface area contributed by atoms with E-state index in [0.29, 0.717) is 5.82 Å². The molecule has 1 heterocycles.